The Hall–Kier alpha value is -2.34. The second-order valence-electron chi connectivity index (χ2n) is 5.81. The topological polar surface area (TPSA) is 39.9 Å². The van der Waals surface area contributed by atoms with Gasteiger partial charge in [-0.05, 0) is 56.0 Å². The van der Waals surface area contributed by atoms with Crippen LogP contribution in [0.2, 0.25) is 0 Å². The van der Waals surface area contributed by atoms with E-state index < -0.39 is 0 Å². The Labute approximate surface area is 125 Å². The Morgan fingerprint density at radius 3 is 2.81 bits per heavy atom. The molecule has 3 rings (SSSR count). The van der Waals surface area contributed by atoms with Crippen molar-refractivity contribution in [3.05, 3.63) is 47.8 Å². The highest BCUT2D eigenvalue weighted by Gasteiger charge is 2.19. The summed E-state index contributed by atoms with van der Waals surface area (Å²) in [7, 11) is 0. The molecule has 0 saturated heterocycles. The van der Waals surface area contributed by atoms with Crippen LogP contribution in [0, 0.1) is 11.3 Å². The third-order valence-corrected chi connectivity index (χ3v) is 4.06. The molecule has 21 heavy (non-hydrogen) atoms. The third kappa shape index (κ3) is 2.62. The number of pyridine rings is 1. The zero-order chi connectivity index (χ0) is 14.8. The summed E-state index contributed by atoms with van der Waals surface area (Å²) in [5.74, 6) is 0. The molecule has 3 nitrogen and oxygen atoms in total. The molecule has 1 aromatic heterocycles. The van der Waals surface area contributed by atoms with Gasteiger partial charge in [-0.3, -0.25) is 4.98 Å². The zero-order valence-electron chi connectivity index (χ0n) is 12.5. The van der Waals surface area contributed by atoms with E-state index in [-0.39, 0.29) is 0 Å². The number of hydrogen-bond acceptors (Lipinski definition) is 3. The number of nitriles is 1. The highest BCUT2D eigenvalue weighted by atomic mass is 15.2. The van der Waals surface area contributed by atoms with E-state index in [9.17, 15) is 0 Å². The van der Waals surface area contributed by atoms with E-state index in [0.29, 0.717) is 11.6 Å². The fourth-order valence-electron chi connectivity index (χ4n) is 3.00. The number of nitrogens with zero attached hydrogens (tertiary/aromatic N) is 3. The molecule has 1 aromatic carbocycles. The first-order valence-corrected chi connectivity index (χ1v) is 7.44. The molecule has 2 aromatic rings. The van der Waals surface area contributed by atoms with Gasteiger partial charge in [0.15, 0.2) is 0 Å². The van der Waals surface area contributed by atoms with Crippen LogP contribution in [-0.2, 0) is 6.42 Å². The number of benzene rings is 1. The predicted molar refractivity (Wildman–Crippen MR) is 85.2 cm³/mol. The maximum absolute atomic E-state index is 9.00. The molecule has 0 atom stereocenters. The standard InChI is InChI=1S/C18H19N3/c1-13(2)21-7-3-4-16-9-15(5-6-18(16)21)17-8-14(10-19)11-20-12-17/h5-6,8-9,11-13H,3-4,7H2,1-2H3. The number of fused-ring (bicyclic) bond motifs is 1. The Balaban J connectivity index is 2.01. The maximum Gasteiger partial charge on any atom is 0.101 e. The molecule has 0 aliphatic carbocycles. The summed E-state index contributed by atoms with van der Waals surface area (Å²) in [6.45, 7) is 5.61. The lowest BCUT2D eigenvalue weighted by molar-refractivity contribution is 0.626. The Morgan fingerprint density at radius 2 is 2.05 bits per heavy atom. The van der Waals surface area contributed by atoms with Crippen LogP contribution in [0.4, 0.5) is 5.69 Å². The highest BCUT2D eigenvalue weighted by molar-refractivity contribution is 5.70. The summed E-state index contributed by atoms with van der Waals surface area (Å²) in [6.07, 6.45) is 5.75. The van der Waals surface area contributed by atoms with E-state index in [0.717, 1.165) is 24.1 Å². The molecule has 0 unspecified atom stereocenters. The van der Waals surface area contributed by atoms with Gasteiger partial charge in [-0.1, -0.05) is 6.07 Å². The zero-order valence-corrected chi connectivity index (χ0v) is 12.5. The largest absolute Gasteiger partial charge is 0.369 e. The van der Waals surface area contributed by atoms with Crippen molar-refractivity contribution in [3.8, 4) is 17.2 Å². The van der Waals surface area contributed by atoms with Crippen LogP contribution in [0.1, 0.15) is 31.4 Å². The molecular weight excluding hydrogens is 258 g/mol. The van der Waals surface area contributed by atoms with Crippen LogP contribution >= 0.6 is 0 Å². The van der Waals surface area contributed by atoms with Gasteiger partial charge in [0.1, 0.15) is 6.07 Å². The van der Waals surface area contributed by atoms with Crippen LogP contribution in [0.25, 0.3) is 11.1 Å². The summed E-state index contributed by atoms with van der Waals surface area (Å²) in [6, 6.07) is 11.2. The molecule has 0 saturated carbocycles. The van der Waals surface area contributed by atoms with Crippen molar-refractivity contribution in [2.75, 3.05) is 11.4 Å². The van der Waals surface area contributed by atoms with Gasteiger partial charge in [-0.2, -0.15) is 5.26 Å². The molecule has 1 aliphatic rings. The Kier molecular flexibility index (Phi) is 3.62. The van der Waals surface area contributed by atoms with Crippen molar-refractivity contribution in [2.45, 2.75) is 32.7 Å². The molecule has 0 spiro atoms. The van der Waals surface area contributed by atoms with E-state index in [1.54, 1.807) is 6.20 Å². The number of aromatic nitrogens is 1. The maximum atomic E-state index is 9.00. The predicted octanol–water partition coefficient (Wildman–Crippen LogP) is 3.78. The molecule has 0 fully saturated rings. The average molecular weight is 277 g/mol. The first-order valence-electron chi connectivity index (χ1n) is 7.44. The summed E-state index contributed by atoms with van der Waals surface area (Å²) in [5, 5.41) is 9.00. The van der Waals surface area contributed by atoms with Gasteiger partial charge >= 0.3 is 0 Å². The lowest BCUT2D eigenvalue weighted by Gasteiger charge is -2.35. The molecular formula is C18H19N3. The summed E-state index contributed by atoms with van der Waals surface area (Å²) in [5.41, 5.74) is 5.51. The normalized spacial score (nSPS) is 13.9. The van der Waals surface area contributed by atoms with Crippen molar-refractivity contribution < 1.29 is 0 Å². The van der Waals surface area contributed by atoms with E-state index in [2.05, 4.69) is 48.0 Å². The number of anilines is 1. The summed E-state index contributed by atoms with van der Waals surface area (Å²) in [4.78, 5) is 6.62. The van der Waals surface area contributed by atoms with Gasteiger partial charge in [0, 0.05) is 36.2 Å². The van der Waals surface area contributed by atoms with Crippen LogP contribution < -0.4 is 4.90 Å². The van der Waals surface area contributed by atoms with Crippen molar-refractivity contribution in [1.82, 2.24) is 4.98 Å². The summed E-state index contributed by atoms with van der Waals surface area (Å²) < 4.78 is 0. The lowest BCUT2D eigenvalue weighted by atomic mass is 9.95. The lowest BCUT2D eigenvalue weighted by Crippen LogP contribution is -2.35. The second-order valence-corrected chi connectivity index (χ2v) is 5.81. The Morgan fingerprint density at radius 1 is 1.19 bits per heavy atom. The molecule has 0 bridgehead atoms. The minimum absolute atomic E-state index is 0.526. The average Bonchev–Trinajstić information content (AvgIpc) is 2.53. The fraction of sp³-hybridized carbons (Fsp3) is 0.333. The Bertz CT molecular complexity index is 698. The van der Waals surface area contributed by atoms with Crippen molar-refractivity contribution >= 4 is 5.69 Å². The summed E-state index contributed by atoms with van der Waals surface area (Å²) >= 11 is 0. The highest BCUT2D eigenvalue weighted by Crippen LogP contribution is 2.32. The van der Waals surface area contributed by atoms with Gasteiger partial charge in [-0.25, -0.2) is 0 Å². The molecule has 0 N–H and O–H groups in total. The van der Waals surface area contributed by atoms with E-state index in [4.69, 9.17) is 5.26 Å². The number of aryl methyl sites for hydroxylation is 1. The molecule has 3 heteroatoms. The fourth-order valence-corrected chi connectivity index (χ4v) is 3.00. The quantitative estimate of drug-likeness (QED) is 0.838. The van der Waals surface area contributed by atoms with Gasteiger partial charge in [0.25, 0.3) is 0 Å². The van der Waals surface area contributed by atoms with E-state index in [1.165, 1.54) is 17.7 Å². The van der Waals surface area contributed by atoms with Crippen LogP contribution in [-0.4, -0.2) is 17.6 Å². The number of rotatable bonds is 2. The van der Waals surface area contributed by atoms with Crippen LogP contribution in [0.3, 0.4) is 0 Å². The van der Waals surface area contributed by atoms with E-state index in [1.807, 2.05) is 12.3 Å². The molecule has 106 valence electrons. The minimum atomic E-state index is 0.526. The van der Waals surface area contributed by atoms with Gasteiger partial charge in [0.05, 0.1) is 5.56 Å². The number of hydrogen-bond donors (Lipinski definition) is 0. The molecule has 0 amide bonds. The minimum Gasteiger partial charge on any atom is -0.369 e. The molecule has 0 radical (unpaired) electrons. The SMILES string of the molecule is CC(C)N1CCCc2cc(-c3cncc(C#N)c3)ccc21. The monoisotopic (exact) mass is 277 g/mol. The van der Waals surface area contributed by atoms with E-state index >= 15 is 0 Å². The van der Waals surface area contributed by atoms with Crippen molar-refractivity contribution in [2.24, 2.45) is 0 Å². The van der Waals surface area contributed by atoms with Gasteiger partial charge in [-0.15, -0.1) is 0 Å². The smallest absolute Gasteiger partial charge is 0.101 e. The first-order chi connectivity index (χ1) is 10.2. The first kappa shape index (κ1) is 13.6. The van der Waals surface area contributed by atoms with Crippen molar-refractivity contribution in [3.63, 3.8) is 0 Å². The van der Waals surface area contributed by atoms with Crippen molar-refractivity contribution in [1.29, 1.82) is 5.26 Å². The molecule has 2 heterocycles. The van der Waals surface area contributed by atoms with Crippen LogP contribution in [0.5, 0.6) is 0 Å². The second kappa shape index (κ2) is 5.57. The molecule has 1 aliphatic heterocycles. The van der Waals surface area contributed by atoms with Crippen LogP contribution in [0.15, 0.2) is 36.7 Å². The third-order valence-electron chi connectivity index (χ3n) is 4.06. The van der Waals surface area contributed by atoms with Gasteiger partial charge in [0.2, 0.25) is 0 Å². The van der Waals surface area contributed by atoms with Gasteiger partial charge < -0.3 is 4.90 Å².